The van der Waals surface area contributed by atoms with E-state index in [1.165, 1.54) is 0 Å². The molecule has 0 bridgehead atoms. The van der Waals surface area contributed by atoms with Gasteiger partial charge in [-0.25, -0.2) is 0 Å². The molecule has 8 heteroatoms. The summed E-state index contributed by atoms with van der Waals surface area (Å²) in [5, 5.41) is 38.5. The minimum absolute atomic E-state index is 0.171. The van der Waals surface area contributed by atoms with E-state index in [0.717, 1.165) is 0 Å². The first kappa shape index (κ1) is 19.9. The number of carboxylic acids is 4. The van der Waals surface area contributed by atoms with Crippen LogP contribution >= 0.6 is 0 Å². The van der Waals surface area contributed by atoms with Gasteiger partial charge in [-0.3, -0.25) is 19.2 Å². The quantitative estimate of drug-likeness (QED) is 0.469. The van der Waals surface area contributed by atoms with Gasteiger partial charge in [-0.1, -0.05) is 39.5 Å². The Hall–Kier alpha value is -2.12. The van der Waals surface area contributed by atoms with Crippen molar-refractivity contribution in [3.8, 4) is 0 Å². The Balaban J connectivity index is 3.65. The SMILES string of the molecule is CCCCC1(C(=O)O)C(C(=O)O)C(C(=O)O)C1(CCCC)C(=O)O. The van der Waals surface area contributed by atoms with Crippen LogP contribution in [0.1, 0.15) is 52.4 Å². The first-order valence-corrected chi connectivity index (χ1v) is 8.07. The molecule has 4 unspecified atom stereocenters. The Bertz CT molecular complexity index is 494. The molecular formula is C16H24O8. The molecule has 24 heavy (non-hydrogen) atoms. The molecule has 1 saturated carbocycles. The van der Waals surface area contributed by atoms with Gasteiger partial charge in [0, 0.05) is 0 Å². The summed E-state index contributed by atoms with van der Waals surface area (Å²) >= 11 is 0. The summed E-state index contributed by atoms with van der Waals surface area (Å²) in [7, 11) is 0. The van der Waals surface area contributed by atoms with Crippen molar-refractivity contribution in [1.82, 2.24) is 0 Å². The van der Waals surface area contributed by atoms with Crippen molar-refractivity contribution in [1.29, 1.82) is 0 Å². The third kappa shape index (κ3) is 2.53. The second-order valence-corrected chi connectivity index (χ2v) is 6.39. The zero-order valence-corrected chi connectivity index (χ0v) is 13.8. The predicted molar refractivity (Wildman–Crippen MR) is 81.4 cm³/mol. The minimum Gasteiger partial charge on any atom is -0.481 e. The topological polar surface area (TPSA) is 149 Å². The fraction of sp³-hybridized carbons (Fsp3) is 0.750. The normalized spacial score (nSPS) is 31.9. The van der Waals surface area contributed by atoms with E-state index in [2.05, 4.69) is 0 Å². The molecule has 4 atom stereocenters. The number of hydrogen-bond donors (Lipinski definition) is 4. The van der Waals surface area contributed by atoms with Gasteiger partial charge in [-0.2, -0.15) is 0 Å². The molecule has 0 spiro atoms. The van der Waals surface area contributed by atoms with Crippen LogP contribution in [-0.2, 0) is 19.2 Å². The molecule has 0 amide bonds. The highest BCUT2D eigenvalue weighted by molar-refractivity contribution is 6.01. The third-order valence-electron chi connectivity index (χ3n) is 5.34. The fourth-order valence-electron chi connectivity index (χ4n) is 4.26. The average molecular weight is 344 g/mol. The summed E-state index contributed by atoms with van der Waals surface area (Å²) in [4.78, 5) is 47.4. The monoisotopic (exact) mass is 344 g/mol. The molecular weight excluding hydrogens is 320 g/mol. The zero-order chi connectivity index (χ0) is 18.7. The molecule has 0 saturated heterocycles. The Morgan fingerprint density at radius 1 is 0.708 bits per heavy atom. The summed E-state index contributed by atoms with van der Waals surface area (Å²) < 4.78 is 0. The highest BCUT2D eigenvalue weighted by Gasteiger charge is 2.82. The number of carbonyl (C=O) groups is 4. The molecule has 4 N–H and O–H groups in total. The summed E-state index contributed by atoms with van der Waals surface area (Å²) in [5.41, 5.74) is -4.22. The summed E-state index contributed by atoms with van der Waals surface area (Å²) in [6.45, 7) is 3.54. The van der Waals surface area contributed by atoms with E-state index >= 15 is 0 Å². The van der Waals surface area contributed by atoms with Crippen LogP contribution in [0.25, 0.3) is 0 Å². The summed E-state index contributed by atoms with van der Waals surface area (Å²) in [5.74, 6) is -9.75. The van der Waals surface area contributed by atoms with Gasteiger partial charge < -0.3 is 20.4 Å². The van der Waals surface area contributed by atoms with Crippen molar-refractivity contribution < 1.29 is 39.6 Å². The predicted octanol–water partition coefficient (Wildman–Crippen LogP) is 1.92. The second kappa shape index (κ2) is 7.19. The molecule has 0 aromatic rings. The highest BCUT2D eigenvalue weighted by Crippen LogP contribution is 2.69. The van der Waals surface area contributed by atoms with Crippen LogP contribution in [0.3, 0.4) is 0 Å². The first-order valence-electron chi connectivity index (χ1n) is 8.07. The van der Waals surface area contributed by atoms with Gasteiger partial charge in [0.25, 0.3) is 0 Å². The van der Waals surface area contributed by atoms with Gasteiger partial charge in [0.2, 0.25) is 0 Å². The maximum atomic E-state index is 12.1. The van der Waals surface area contributed by atoms with Crippen LogP contribution in [-0.4, -0.2) is 44.3 Å². The Labute approximate surface area is 139 Å². The minimum atomic E-state index is -2.11. The van der Waals surface area contributed by atoms with Gasteiger partial charge in [0.15, 0.2) is 0 Å². The summed E-state index contributed by atoms with van der Waals surface area (Å²) in [6.07, 6.45) is 1.36. The molecule has 1 aliphatic rings. The van der Waals surface area contributed by atoms with Gasteiger partial charge >= 0.3 is 23.9 Å². The molecule has 1 rings (SSSR count). The number of carboxylic acid groups (broad SMARTS) is 4. The second-order valence-electron chi connectivity index (χ2n) is 6.39. The molecule has 0 aromatic heterocycles. The molecule has 0 radical (unpaired) electrons. The van der Waals surface area contributed by atoms with E-state index in [-0.39, 0.29) is 12.8 Å². The van der Waals surface area contributed by atoms with E-state index in [1.54, 1.807) is 13.8 Å². The van der Waals surface area contributed by atoms with Crippen molar-refractivity contribution in [2.75, 3.05) is 0 Å². The lowest BCUT2D eigenvalue weighted by molar-refractivity contribution is -0.244. The van der Waals surface area contributed by atoms with E-state index in [9.17, 15) is 39.6 Å². The smallest absolute Gasteiger partial charge is 0.311 e. The maximum Gasteiger partial charge on any atom is 0.311 e. The lowest BCUT2D eigenvalue weighted by atomic mass is 9.35. The Morgan fingerprint density at radius 3 is 1.17 bits per heavy atom. The summed E-state index contributed by atoms with van der Waals surface area (Å²) in [6, 6.07) is 0. The van der Waals surface area contributed by atoms with Crippen molar-refractivity contribution in [3.05, 3.63) is 0 Å². The molecule has 1 fully saturated rings. The molecule has 0 heterocycles. The fourth-order valence-corrected chi connectivity index (χ4v) is 4.26. The standard InChI is InChI=1S/C16H24O8/c1-3-5-7-15(13(21)22)9(11(17)18)10(12(19)20)16(15,14(23)24)8-6-4-2/h9-10H,3-8H2,1-2H3,(H,17,18)(H,19,20)(H,21,22)(H,23,24). The first-order chi connectivity index (χ1) is 11.1. The molecule has 0 aromatic carbocycles. The zero-order valence-electron chi connectivity index (χ0n) is 13.8. The number of rotatable bonds is 10. The van der Waals surface area contributed by atoms with Crippen LogP contribution in [0.5, 0.6) is 0 Å². The molecule has 136 valence electrons. The van der Waals surface area contributed by atoms with Crippen molar-refractivity contribution >= 4 is 23.9 Å². The van der Waals surface area contributed by atoms with Crippen LogP contribution in [0, 0.1) is 22.7 Å². The Morgan fingerprint density at radius 2 is 1.00 bits per heavy atom. The van der Waals surface area contributed by atoms with Crippen LogP contribution in [0.2, 0.25) is 0 Å². The third-order valence-corrected chi connectivity index (χ3v) is 5.34. The molecule has 8 nitrogen and oxygen atoms in total. The number of hydrogen-bond acceptors (Lipinski definition) is 4. The maximum absolute atomic E-state index is 12.1. The molecule has 0 aliphatic heterocycles. The van der Waals surface area contributed by atoms with Crippen LogP contribution < -0.4 is 0 Å². The van der Waals surface area contributed by atoms with Gasteiger partial charge in [-0.05, 0) is 12.8 Å². The van der Waals surface area contributed by atoms with E-state index in [4.69, 9.17) is 0 Å². The van der Waals surface area contributed by atoms with Gasteiger partial charge in [-0.15, -0.1) is 0 Å². The van der Waals surface area contributed by atoms with Crippen LogP contribution in [0.4, 0.5) is 0 Å². The van der Waals surface area contributed by atoms with E-state index < -0.39 is 46.5 Å². The number of unbranched alkanes of at least 4 members (excludes halogenated alkanes) is 2. The Kier molecular flexibility index (Phi) is 5.97. The lowest BCUT2D eigenvalue weighted by Gasteiger charge is -2.61. The number of aliphatic carboxylic acids is 4. The van der Waals surface area contributed by atoms with Gasteiger partial charge in [0.1, 0.15) is 0 Å². The average Bonchev–Trinajstić information content (AvgIpc) is 2.45. The highest BCUT2D eigenvalue weighted by atomic mass is 16.4. The van der Waals surface area contributed by atoms with Crippen molar-refractivity contribution in [3.63, 3.8) is 0 Å². The van der Waals surface area contributed by atoms with Gasteiger partial charge in [0.05, 0.1) is 22.7 Å². The van der Waals surface area contributed by atoms with Crippen LogP contribution in [0.15, 0.2) is 0 Å². The van der Waals surface area contributed by atoms with E-state index in [0.29, 0.717) is 25.7 Å². The largest absolute Gasteiger partial charge is 0.481 e. The van der Waals surface area contributed by atoms with Crippen molar-refractivity contribution in [2.24, 2.45) is 22.7 Å². The molecule has 1 aliphatic carbocycles. The van der Waals surface area contributed by atoms with Crippen molar-refractivity contribution in [2.45, 2.75) is 52.4 Å². The lowest BCUT2D eigenvalue weighted by Crippen LogP contribution is -2.75. The van der Waals surface area contributed by atoms with E-state index in [1.807, 2.05) is 0 Å².